The van der Waals surface area contributed by atoms with Gasteiger partial charge in [0.15, 0.2) is 11.5 Å². The van der Waals surface area contributed by atoms with Gasteiger partial charge < -0.3 is 14.4 Å². The van der Waals surface area contributed by atoms with Gasteiger partial charge in [0.25, 0.3) is 0 Å². The summed E-state index contributed by atoms with van der Waals surface area (Å²) in [5.41, 5.74) is 1.76. The number of fused-ring (bicyclic) bond motifs is 1. The van der Waals surface area contributed by atoms with E-state index in [2.05, 4.69) is 20.5 Å². The van der Waals surface area contributed by atoms with E-state index in [4.69, 9.17) is 14.6 Å². The second-order valence-corrected chi connectivity index (χ2v) is 7.34. The van der Waals surface area contributed by atoms with Crippen LogP contribution in [-0.2, 0) is 4.74 Å². The molecule has 142 valence electrons. The summed E-state index contributed by atoms with van der Waals surface area (Å²) in [5.74, 6) is 2.50. The third-order valence-electron chi connectivity index (χ3n) is 4.67. The van der Waals surface area contributed by atoms with Crippen molar-refractivity contribution in [3.05, 3.63) is 59.3 Å². The fourth-order valence-electron chi connectivity index (χ4n) is 3.25. The first-order chi connectivity index (χ1) is 13.9. The Labute approximate surface area is 166 Å². The number of rotatable bonds is 5. The minimum absolute atomic E-state index is 0.0105. The number of nitrogens with zero attached hydrogens (tertiary/aromatic N) is 5. The monoisotopic (exact) mass is 393 g/mol. The van der Waals surface area contributed by atoms with E-state index in [1.807, 2.05) is 58.4 Å². The Morgan fingerprint density at radius 2 is 2.04 bits per heavy atom. The maximum Gasteiger partial charge on any atom is 0.186 e. The molecule has 3 aromatic heterocycles. The van der Waals surface area contributed by atoms with Crippen LogP contribution in [0.4, 0.5) is 5.82 Å². The molecule has 8 heteroatoms. The molecule has 1 unspecified atom stereocenters. The van der Waals surface area contributed by atoms with Crippen LogP contribution in [0.15, 0.2) is 59.3 Å². The van der Waals surface area contributed by atoms with Crippen molar-refractivity contribution in [1.29, 1.82) is 0 Å². The molecule has 4 aromatic rings. The first kappa shape index (κ1) is 17.2. The van der Waals surface area contributed by atoms with E-state index in [1.54, 1.807) is 11.3 Å². The number of morpholine rings is 1. The number of aromatic nitrogens is 4. The Bertz CT molecular complexity index is 1050. The number of ether oxygens (including phenoxy) is 2. The molecular formula is C20H19N5O2S. The number of thiophene rings is 1. The average molecular weight is 393 g/mol. The van der Waals surface area contributed by atoms with Gasteiger partial charge in [0.2, 0.25) is 0 Å². The van der Waals surface area contributed by atoms with E-state index in [0.29, 0.717) is 13.2 Å². The molecule has 0 bridgehead atoms. The fraction of sp³-hybridized carbons (Fsp3) is 0.250. The molecule has 0 amide bonds. The number of para-hydroxylation sites is 1. The SMILES string of the molecule is c1ccc(OCC2CN(c3ccc4nnc(-c5ccsc5)n4n3)CCO2)cc1. The van der Waals surface area contributed by atoms with Crippen molar-refractivity contribution in [1.82, 2.24) is 19.8 Å². The Kier molecular flexibility index (Phi) is 4.64. The van der Waals surface area contributed by atoms with Crippen molar-refractivity contribution in [3.8, 4) is 17.1 Å². The topological polar surface area (TPSA) is 64.8 Å². The smallest absolute Gasteiger partial charge is 0.186 e. The summed E-state index contributed by atoms with van der Waals surface area (Å²) in [4.78, 5) is 2.22. The molecule has 1 aliphatic heterocycles. The fourth-order valence-corrected chi connectivity index (χ4v) is 3.89. The molecule has 1 aromatic carbocycles. The van der Waals surface area contributed by atoms with Gasteiger partial charge in [0.1, 0.15) is 24.3 Å². The van der Waals surface area contributed by atoms with E-state index in [0.717, 1.165) is 41.7 Å². The molecule has 1 aliphatic rings. The zero-order valence-electron chi connectivity index (χ0n) is 15.1. The Balaban J connectivity index is 1.33. The summed E-state index contributed by atoms with van der Waals surface area (Å²) in [7, 11) is 0. The van der Waals surface area contributed by atoms with Crippen molar-refractivity contribution in [2.45, 2.75) is 6.10 Å². The third kappa shape index (κ3) is 3.44. The molecule has 0 radical (unpaired) electrons. The highest BCUT2D eigenvalue weighted by molar-refractivity contribution is 7.08. The first-order valence-electron chi connectivity index (χ1n) is 9.16. The van der Waals surface area contributed by atoms with E-state index in [1.165, 1.54) is 0 Å². The molecule has 1 saturated heterocycles. The molecule has 1 atom stereocenters. The number of hydrogen-bond acceptors (Lipinski definition) is 7. The molecule has 4 heterocycles. The average Bonchev–Trinajstić information content (AvgIpc) is 3.42. The van der Waals surface area contributed by atoms with Crippen LogP contribution in [0.1, 0.15) is 0 Å². The highest BCUT2D eigenvalue weighted by atomic mass is 32.1. The predicted octanol–water partition coefficient (Wildman–Crippen LogP) is 3.14. The van der Waals surface area contributed by atoms with Gasteiger partial charge in [-0.05, 0) is 35.7 Å². The molecule has 0 aliphatic carbocycles. The minimum Gasteiger partial charge on any atom is -0.491 e. The van der Waals surface area contributed by atoms with Crippen molar-refractivity contribution in [3.63, 3.8) is 0 Å². The van der Waals surface area contributed by atoms with Gasteiger partial charge >= 0.3 is 0 Å². The van der Waals surface area contributed by atoms with Crippen LogP contribution in [-0.4, -0.2) is 52.2 Å². The van der Waals surface area contributed by atoms with Gasteiger partial charge in [-0.15, -0.1) is 15.3 Å². The summed E-state index contributed by atoms with van der Waals surface area (Å²) < 4.78 is 13.5. The maximum absolute atomic E-state index is 5.88. The standard InChI is InChI=1S/C20H19N5O2S/c1-2-4-16(5-3-1)27-13-17-12-24(9-10-26-17)19-7-6-18-21-22-20(25(18)23-19)15-8-11-28-14-15/h1-8,11,14,17H,9-10,12-13H2. The van der Waals surface area contributed by atoms with Gasteiger partial charge in [0.05, 0.1) is 6.61 Å². The third-order valence-corrected chi connectivity index (χ3v) is 5.35. The second-order valence-electron chi connectivity index (χ2n) is 6.56. The van der Waals surface area contributed by atoms with Crippen LogP contribution >= 0.6 is 11.3 Å². The largest absolute Gasteiger partial charge is 0.491 e. The van der Waals surface area contributed by atoms with Gasteiger partial charge in [-0.25, -0.2) is 0 Å². The lowest BCUT2D eigenvalue weighted by atomic mass is 10.2. The second kappa shape index (κ2) is 7.57. The van der Waals surface area contributed by atoms with Crippen LogP contribution in [0.25, 0.3) is 17.0 Å². The van der Waals surface area contributed by atoms with Crippen molar-refractivity contribution >= 4 is 22.8 Å². The van der Waals surface area contributed by atoms with E-state index in [-0.39, 0.29) is 6.10 Å². The zero-order valence-corrected chi connectivity index (χ0v) is 16.0. The molecule has 0 spiro atoms. The van der Waals surface area contributed by atoms with Crippen molar-refractivity contribution < 1.29 is 9.47 Å². The lowest BCUT2D eigenvalue weighted by Gasteiger charge is -2.33. The van der Waals surface area contributed by atoms with Crippen LogP contribution < -0.4 is 9.64 Å². The van der Waals surface area contributed by atoms with Gasteiger partial charge in [-0.2, -0.15) is 15.9 Å². The van der Waals surface area contributed by atoms with Crippen molar-refractivity contribution in [2.75, 3.05) is 31.2 Å². The van der Waals surface area contributed by atoms with Crippen molar-refractivity contribution in [2.24, 2.45) is 0 Å². The molecular weight excluding hydrogens is 374 g/mol. The zero-order chi connectivity index (χ0) is 18.8. The summed E-state index contributed by atoms with van der Waals surface area (Å²) in [6.07, 6.45) is -0.0105. The summed E-state index contributed by atoms with van der Waals surface area (Å²) in [6.45, 7) is 2.66. The van der Waals surface area contributed by atoms with Gasteiger partial charge in [-0.1, -0.05) is 18.2 Å². The summed E-state index contributed by atoms with van der Waals surface area (Å²) in [6, 6.07) is 15.8. The lowest BCUT2D eigenvalue weighted by molar-refractivity contribution is 0.00999. The Morgan fingerprint density at radius 3 is 2.89 bits per heavy atom. The first-order valence-corrected chi connectivity index (χ1v) is 10.1. The molecule has 1 fully saturated rings. The number of anilines is 1. The molecule has 0 saturated carbocycles. The summed E-state index contributed by atoms with van der Waals surface area (Å²) in [5, 5.41) is 17.4. The van der Waals surface area contributed by atoms with Crippen LogP contribution in [0.5, 0.6) is 5.75 Å². The van der Waals surface area contributed by atoms with Crippen LogP contribution in [0.3, 0.4) is 0 Å². The highest BCUT2D eigenvalue weighted by Crippen LogP contribution is 2.22. The van der Waals surface area contributed by atoms with E-state index >= 15 is 0 Å². The minimum atomic E-state index is -0.0105. The molecule has 28 heavy (non-hydrogen) atoms. The Morgan fingerprint density at radius 1 is 1.11 bits per heavy atom. The predicted molar refractivity (Wildman–Crippen MR) is 108 cm³/mol. The molecule has 5 rings (SSSR count). The molecule has 7 nitrogen and oxygen atoms in total. The van der Waals surface area contributed by atoms with E-state index < -0.39 is 0 Å². The van der Waals surface area contributed by atoms with Gasteiger partial charge in [0, 0.05) is 24.0 Å². The van der Waals surface area contributed by atoms with E-state index in [9.17, 15) is 0 Å². The highest BCUT2D eigenvalue weighted by Gasteiger charge is 2.23. The number of hydrogen-bond donors (Lipinski definition) is 0. The van der Waals surface area contributed by atoms with Gasteiger partial charge in [-0.3, -0.25) is 0 Å². The summed E-state index contributed by atoms with van der Waals surface area (Å²) >= 11 is 1.63. The quantitative estimate of drug-likeness (QED) is 0.519. The molecule has 0 N–H and O–H groups in total. The van der Waals surface area contributed by atoms with Crippen LogP contribution in [0, 0.1) is 0 Å². The lowest BCUT2D eigenvalue weighted by Crippen LogP contribution is -2.45. The van der Waals surface area contributed by atoms with Crippen LogP contribution in [0.2, 0.25) is 0 Å². The maximum atomic E-state index is 5.88. The normalized spacial score (nSPS) is 17.1. The Hall–Kier alpha value is -2.97. The number of benzene rings is 1.